The molecular formula is C15H25N3. The van der Waals surface area contributed by atoms with E-state index >= 15 is 0 Å². The lowest BCUT2D eigenvalue weighted by Crippen LogP contribution is -2.22. The van der Waals surface area contributed by atoms with Crippen molar-refractivity contribution < 1.29 is 0 Å². The molecule has 0 atom stereocenters. The number of nitrogens with zero attached hydrogens (tertiary/aromatic N) is 2. The molecule has 1 heterocycles. The fourth-order valence-electron chi connectivity index (χ4n) is 1.77. The molecule has 0 amide bonds. The van der Waals surface area contributed by atoms with Crippen LogP contribution in [0.1, 0.15) is 32.0 Å². The fourth-order valence-corrected chi connectivity index (χ4v) is 1.77. The predicted octanol–water partition coefficient (Wildman–Crippen LogP) is 2.59. The van der Waals surface area contributed by atoms with Crippen LogP contribution in [0, 0.1) is 0 Å². The third-order valence-corrected chi connectivity index (χ3v) is 2.57. The Kier molecular flexibility index (Phi) is 6.02. The van der Waals surface area contributed by atoms with Crippen molar-refractivity contribution >= 4 is 0 Å². The van der Waals surface area contributed by atoms with Gasteiger partial charge in [0.15, 0.2) is 0 Å². The van der Waals surface area contributed by atoms with E-state index in [0.717, 1.165) is 25.3 Å². The summed E-state index contributed by atoms with van der Waals surface area (Å²) in [4.78, 5) is 6.71. The van der Waals surface area contributed by atoms with Gasteiger partial charge in [-0.15, -0.1) is 0 Å². The van der Waals surface area contributed by atoms with Crippen molar-refractivity contribution in [2.75, 3.05) is 13.6 Å². The Bertz CT molecular complexity index is 368. The van der Waals surface area contributed by atoms with Gasteiger partial charge in [-0.05, 0) is 25.6 Å². The van der Waals surface area contributed by atoms with E-state index in [-0.39, 0.29) is 0 Å². The summed E-state index contributed by atoms with van der Waals surface area (Å²) in [5, 5.41) is 3.39. The van der Waals surface area contributed by atoms with Gasteiger partial charge in [0, 0.05) is 31.9 Å². The van der Waals surface area contributed by atoms with Gasteiger partial charge in [-0.3, -0.25) is 9.88 Å². The molecule has 0 aromatic carbocycles. The Hall–Kier alpha value is -1.19. The maximum atomic E-state index is 4.49. The van der Waals surface area contributed by atoms with Crippen molar-refractivity contribution in [3.63, 3.8) is 0 Å². The molecule has 0 saturated carbocycles. The van der Waals surface area contributed by atoms with E-state index in [1.54, 1.807) is 0 Å². The molecule has 0 aliphatic rings. The first kappa shape index (κ1) is 14.9. The summed E-state index contributed by atoms with van der Waals surface area (Å²) in [7, 11) is 2.09. The predicted molar refractivity (Wildman–Crippen MR) is 77.4 cm³/mol. The first-order chi connectivity index (χ1) is 8.47. The molecule has 0 aliphatic carbocycles. The smallest absolute Gasteiger partial charge is 0.0544 e. The zero-order valence-electron chi connectivity index (χ0n) is 12.0. The van der Waals surface area contributed by atoms with Gasteiger partial charge in [-0.2, -0.15) is 0 Å². The van der Waals surface area contributed by atoms with Gasteiger partial charge in [0.2, 0.25) is 0 Å². The second-order valence-corrected chi connectivity index (χ2v) is 5.32. The van der Waals surface area contributed by atoms with E-state index in [1.807, 2.05) is 13.1 Å². The molecule has 18 heavy (non-hydrogen) atoms. The highest BCUT2D eigenvalue weighted by atomic mass is 15.1. The van der Waals surface area contributed by atoms with Crippen LogP contribution >= 0.6 is 0 Å². The summed E-state index contributed by atoms with van der Waals surface area (Å²) >= 11 is 0. The lowest BCUT2D eigenvalue weighted by molar-refractivity contribution is 0.351. The van der Waals surface area contributed by atoms with Crippen LogP contribution < -0.4 is 5.32 Å². The SMILES string of the molecule is C=C(C)CN(C)Cc1ccc(CNC(C)C)cn1. The van der Waals surface area contributed by atoms with Crippen molar-refractivity contribution in [1.29, 1.82) is 0 Å². The van der Waals surface area contributed by atoms with Crippen LogP contribution in [-0.2, 0) is 13.1 Å². The minimum atomic E-state index is 0.506. The third kappa shape index (κ3) is 5.94. The summed E-state index contributed by atoms with van der Waals surface area (Å²) in [5.41, 5.74) is 3.51. The van der Waals surface area contributed by atoms with E-state index in [4.69, 9.17) is 0 Å². The summed E-state index contributed by atoms with van der Waals surface area (Å²) in [6.45, 7) is 12.9. The molecule has 0 unspecified atom stereocenters. The van der Waals surface area contributed by atoms with Crippen LogP contribution in [0.15, 0.2) is 30.5 Å². The summed E-state index contributed by atoms with van der Waals surface area (Å²) in [6, 6.07) is 4.75. The Balaban J connectivity index is 2.47. The van der Waals surface area contributed by atoms with Crippen LogP contribution in [0.2, 0.25) is 0 Å². The van der Waals surface area contributed by atoms with Crippen molar-refractivity contribution in [3.05, 3.63) is 41.7 Å². The van der Waals surface area contributed by atoms with Crippen LogP contribution in [0.5, 0.6) is 0 Å². The Morgan fingerprint density at radius 2 is 2.17 bits per heavy atom. The highest BCUT2D eigenvalue weighted by Crippen LogP contribution is 2.04. The number of pyridine rings is 1. The number of hydrogen-bond acceptors (Lipinski definition) is 3. The van der Waals surface area contributed by atoms with E-state index in [0.29, 0.717) is 6.04 Å². The van der Waals surface area contributed by atoms with E-state index in [9.17, 15) is 0 Å². The standard InChI is InChI=1S/C15H25N3/c1-12(2)10-18(5)11-15-7-6-14(9-17-15)8-16-13(3)4/h6-7,9,13,16H,1,8,10-11H2,2-5H3. The van der Waals surface area contributed by atoms with E-state index in [2.05, 4.69) is 54.8 Å². The first-order valence-electron chi connectivity index (χ1n) is 6.47. The zero-order chi connectivity index (χ0) is 13.5. The molecule has 1 rings (SSSR count). The molecule has 0 bridgehead atoms. The quantitative estimate of drug-likeness (QED) is 0.751. The van der Waals surface area contributed by atoms with Crippen LogP contribution in [0.3, 0.4) is 0 Å². The first-order valence-corrected chi connectivity index (χ1v) is 6.47. The molecule has 0 radical (unpaired) electrons. The lowest BCUT2D eigenvalue weighted by Gasteiger charge is -2.16. The van der Waals surface area contributed by atoms with E-state index < -0.39 is 0 Å². The number of rotatable bonds is 7. The molecule has 3 heteroatoms. The molecule has 0 aliphatic heterocycles. The zero-order valence-corrected chi connectivity index (χ0v) is 12.0. The summed E-state index contributed by atoms with van der Waals surface area (Å²) in [5.74, 6) is 0. The van der Waals surface area contributed by atoms with Crippen molar-refractivity contribution in [3.8, 4) is 0 Å². The number of nitrogens with one attached hydrogen (secondary N) is 1. The highest BCUT2D eigenvalue weighted by molar-refractivity contribution is 5.14. The topological polar surface area (TPSA) is 28.2 Å². The summed E-state index contributed by atoms with van der Waals surface area (Å²) in [6.07, 6.45) is 1.96. The number of likely N-dealkylation sites (N-methyl/N-ethyl adjacent to an activating group) is 1. The molecule has 100 valence electrons. The average Bonchev–Trinajstić information content (AvgIpc) is 2.26. The monoisotopic (exact) mass is 247 g/mol. The number of hydrogen-bond donors (Lipinski definition) is 1. The molecular weight excluding hydrogens is 222 g/mol. The Morgan fingerprint density at radius 1 is 1.44 bits per heavy atom. The second kappa shape index (κ2) is 7.29. The van der Waals surface area contributed by atoms with Gasteiger partial charge in [-0.25, -0.2) is 0 Å². The third-order valence-electron chi connectivity index (χ3n) is 2.57. The largest absolute Gasteiger partial charge is 0.310 e. The normalized spacial score (nSPS) is 11.2. The second-order valence-electron chi connectivity index (χ2n) is 5.32. The van der Waals surface area contributed by atoms with Crippen LogP contribution in [0.4, 0.5) is 0 Å². The lowest BCUT2D eigenvalue weighted by atomic mass is 10.2. The van der Waals surface area contributed by atoms with Gasteiger partial charge in [0.25, 0.3) is 0 Å². The summed E-state index contributed by atoms with van der Waals surface area (Å²) < 4.78 is 0. The van der Waals surface area contributed by atoms with Gasteiger partial charge < -0.3 is 5.32 Å². The maximum Gasteiger partial charge on any atom is 0.0544 e. The Labute approximate surface area is 111 Å². The van der Waals surface area contributed by atoms with Crippen molar-refractivity contribution in [2.24, 2.45) is 0 Å². The van der Waals surface area contributed by atoms with Crippen molar-refractivity contribution in [2.45, 2.75) is 39.9 Å². The molecule has 0 saturated heterocycles. The fraction of sp³-hybridized carbons (Fsp3) is 0.533. The van der Waals surface area contributed by atoms with E-state index in [1.165, 1.54) is 11.1 Å². The van der Waals surface area contributed by atoms with Gasteiger partial charge in [0.05, 0.1) is 5.69 Å². The molecule has 3 nitrogen and oxygen atoms in total. The Morgan fingerprint density at radius 3 is 2.67 bits per heavy atom. The molecule has 0 spiro atoms. The molecule has 0 fully saturated rings. The average molecular weight is 247 g/mol. The van der Waals surface area contributed by atoms with Gasteiger partial charge in [-0.1, -0.05) is 32.1 Å². The maximum absolute atomic E-state index is 4.49. The molecule has 1 aromatic rings. The van der Waals surface area contributed by atoms with Gasteiger partial charge in [0.1, 0.15) is 0 Å². The number of aromatic nitrogens is 1. The van der Waals surface area contributed by atoms with Gasteiger partial charge >= 0.3 is 0 Å². The highest BCUT2D eigenvalue weighted by Gasteiger charge is 2.02. The minimum Gasteiger partial charge on any atom is -0.310 e. The molecule has 1 aromatic heterocycles. The minimum absolute atomic E-state index is 0.506. The van der Waals surface area contributed by atoms with Crippen molar-refractivity contribution in [1.82, 2.24) is 15.2 Å². The van der Waals surface area contributed by atoms with Crippen LogP contribution in [-0.4, -0.2) is 29.5 Å². The molecule has 1 N–H and O–H groups in total. The van der Waals surface area contributed by atoms with Crippen LogP contribution in [0.25, 0.3) is 0 Å².